The maximum absolute atomic E-state index is 12.7. The summed E-state index contributed by atoms with van der Waals surface area (Å²) in [6.07, 6.45) is 4.98. The highest BCUT2D eigenvalue weighted by molar-refractivity contribution is 6.31. The summed E-state index contributed by atoms with van der Waals surface area (Å²) in [6.45, 7) is 0. The number of imide groups is 1. The van der Waals surface area contributed by atoms with Crippen LogP contribution in [0.1, 0.15) is 12.0 Å². The number of anilines is 1. The van der Waals surface area contributed by atoms with E-state index in [9.17, 15) is 14.9 Å². The minimum Gasteiger partial charge on any atom is -0.274 e. The number of fused-ring (bicyclic) bond motifs is 5. The summed E-state index contributed by atoms with van der Waals surface area (Å²) >= 11 is 5.97. The van der Waals surface area contributed by atoms with Crippen molar-refractivity contribution in [3.63, 3.8) is 0 Å². The first-order valence-electron chi connectivity index (χ1n) is 6.87. The van der Waals surface area contributed by atoms with Crippen molar-refractivity contribution in [2.45, 2.75) is 6.42 Å². The Morgan fingerprint density at radius 2 is 1.76 bits per heavy atom. The van der Waals surface area contributed by atoms with Crippen LogP contribution in [0.4, 0.5) is 5.69 Å². The number of carbonyl (C=O) groups excluding carboxylic acids is 2. The third-order valence-electron chi connectivity index (χ3n) is 4.79. The lowest BCUT2D eigenvalue weighted by Crippen LogP contribution is -2.33. The molecular formula is C16H11ClN2O2. The van der Waals surface area contributed by atoms with Gasteiger partial charge in [-0.15, -0.1) is 0 Å². The van der Waals surface area contributed by atoms with Crippen molar-refractivity contribution in [3.05, 3.63) is 40.9 Å². The van der Waals surface area contributed by atoms with Crippen LogP contribution < -0.4 is 4.90 Å². The van der Waals surface area contributed by atoms with E-state index in [4.69, 9.17) is 11.6 Å². The van der Waals surface area contributed by atoms with Gasteiger partial charge in [0.05, 0.1) is 23.1 Å². The molecule has 2 amide bonds. The second-order valence-electron chi connectivity index (χ2n) is 5.79. The maximum atomic E-state index is 12.7. The van der Waals surface area contributed by atoms with Crippen molar-refractivity contribution in [2.75, 3.05) is 4.90 Å². The molecular weight excluding hydrogens is 288 g/mol. The van der Waals surface area contributed by atoms with Gasteiger partial charge in [0.25, 0.3) is 0 Å². The van der Waals surface area contributed by atoms with Crippen LogP contribution in [0.2, 0.25) is 5.02 Å². The number of amides is 2. The Morgan fingerprint density at radius 1 is 1.14 bits per heavy atom. The van der Waals surface area contributed by atoms with Crippen LogP contribution in [0.25, 0.3) is 0 Å². The van der Waals surface area contributed by atoms with E-state index < -0.39 is 0 Å². The zero-order valence-electron chi connectivity index (χ0n) is 11.0. The molecule has 0 spiro atoms. The van der Waals surface area contributed by atoms with E-state index in [0.29, 0.717) is 16.3 Å². The molecule has 5 heteroatoms. The Labute approximate surface area is 126 Å². The average molecular weight is 299 g/mol. The number of rotatable bonds is 1. The van der Waals surface area contributed by atoms with Crippen LogP contribution in [-0.2, 0) is 9.59 Å². The third kappa shape index (κ3) is 1.55. The number of halogens is 1. The van der Waals surface area contributed by atoms with Gasteiger partial charge < -0.3 is 0 Å². The van der Waals surface area contributed by atoms with Crippen LogP contribution in [0, 0.1) is 35.0 Å². The summed E-state index contributed by atoms with van der Waals surface area (Å²) in [5.41, 5.74) is 0.607. The van der Waals surface area contributed by atoms with Gasteiger partial charge in [-0.1, -0.05) is 23.8 Å². The molecule has 1 aliphatic heterocycles. The molecule has 2 bridgehead atoms. The van der Waals surface area contributed by atoms with Crippen LogP contribution in [0.5, 0.6) is 0 Å². The second-order valence-corrected chi connectivity index (χ2v) is 6.22. The van der Waals surface area contributed by atoms with Gasteiger partial charge in [0, 0.05) is 5.02 Å². The molecule has 0 aromatic heterocycles. The van der Waals surface area contributed by atoms with Crippen LogP contribution in [0.15, 0.2) is 30.4 Å². The molecule has 1 aromatic rings. The molecule has 4 unspecified atom stereocenters. The Balaban J connectivity index is 1.82. The fourth-order valence-electron chi connectivity index (χ4n) is 3.92. The number of hydrogen-bond donors (Lipinski definition) is 0. The molecule has 2 aliphatic carbocycles. The van der Waals surface area contributed by atoms with Gasteiger partial charge in [-0.2, -0.15) is 5.26 Å². The molecule has 4 atom stereocenters. The SMILES string of the molecule is N#Cc1ccc(Cl)cc1N1C(=O)C2C3C=CC(C3)C2C1=O. The largest absolute Gasteiger partial charge is 0.274 e. The molecule has 21 heavy (non-hydrogen) atoms. The van der Waals surface area contributed by atoms with Crippen molar-refractivity contribution in [1.82, 2.24) is 0 Å². The molecule has 4 rings (SSSR count). The molecule has 1 aromatic carbocycles. The van der Waals surface area contributed by atoms with Gasteiger partial charge in [-0.05, 0) is 36.5 Å². The van der Waals surface area contributed by atoms with Gasteiger partial charge in [0.15, 0.2) is 0 Å². The van der Waals surface area contributed by atoms with Crippen molar-refractivity contribution in [1.29, 1.82) is 5.26 Å². The van der Waals surface area contributed by atoms with Crippen molar-refractivity contribution in [2.24, 2.45) is 23.7 Å². The predicted molar refractivity (Wildman–Crippen MR) is 76.4 cm³/mol. The van der Waals surface area contributed by atoms with Gasteiger partial charge in [-0.25, -0.2) is 4.90 Å². The lowest BCUT2D eigenvalue weighted by molar-refractivity contribution is -0.123. The Bertz CT molecular complexity index is 719. The number of allylic oxidation sites excluding steroid dienone is 2. The monoisotopic (exact) mass is 298 g/mol. The quantitative estimate of drug-likeness (QED) is 0.591. The maximum Gasteiger partial charge on any atom is 0.238 e. The second kappa shape index (κ2) is 4.19. The van der Waals surface area contributed by atoms with Crippen LogP contribution >= 0.6 is 11.6 Å². The average Bonchev–Trinajstić information content (AvgIpc) is 3.13. The first-order chi connectivity index (χ1) is 10.1. The zero-order chi connectivity index (χ0) is 14.7. The van der Waals surface area contributed by atoms with Crippen LogP contribution in [-0.4, -0.2) is 11.8 Å². The number of carbonyl (C=O) groups is 2. The number of nitriles is 1. The molecule has 1 heterocycles. The van der Waals surface area contributed by atoms with E-state index in [1.165, 1.54) is 11.0 Å². The Hall–Kier alpha value is -2.12. The first kappa shape index (κ1) is 12.6. The highest BCUT2D eigenvalue weighted by Gasteiger charge is 2.59. The van der Waals surface area contributed by atoms with E-state index in [0.717, 1.165) is 6.42 Å². The number of hydrogen-bond acceptors (Lipinski definition) is 3. The normalized spacial score (nSPS) is 32.7. The summed E-state index contributed by atoms with van der Waals surface area (Å²) < 4.78 is 0. The minimum atomic E-state index is -0.266. The summed E-state index contributed by atoms with van der Waals surface area (Å²) in [5, 5.41) is 9.61. The fraction of sp³-hybridized carbons (Fsp3) is 0.312. The molecule has 4 nitrogen and oxygen atoms in total. The minimum absolute atomic E-state index is 0.158. The predicted octanol–water partition coefficient (Wildman–Crippen LogP) is 2.52. The Kier molecular flexibility index (Phi) is 2.51. The molecule has 0 N–H and O–H groups in total. The molecule has 1 saturated heterocycles. The summed E-state index contributed by atoms with van der Waals surface area (Å²) in [6, 6.07) is 6.67. The lowest BCUT2D eigenvalue weighted by Gasteiger charge is -2.18. The number of benzene rings is 1. The van der Waals surface area contributed by atoms with E-state index in [1.807, 2.05) is 18.2 Å². The van der Waals surface area contributed by atoms with Crippen molar-refractivity contribution in [3.8, 4) is 6.07 Å². The number of nitrogens with zero attached hydrogens (tertiary/aromatic N) is 2. The Morgan fingerprint density at radius 3 is 2.33 bits per heavy atom. The smallest absolute Gasteiger partial charge is 0.238 e. The first-order valence-corrected chi connectivity index (χ1v) is 7.25. The molecule has 0 radical (unpaired) electrons. The molecule has 1 saturated carbocycles. The van der Waals surface area contributed by atoms with E-state index in [2.05, 4.69) is 0 Å². The van der Waals surface area contributed by atoms with E-state index >= 15 is 0 Å². The highest BCUT2D eigenvalue weighted by atomic mass is 35.5. The van der Waals surface area contributed by atoms with Crippen LogP contribution in [0.3, 0.4) is 0 Å². The summed E-state index contributed by atoms with van der Waals surface area (Å²) in [5.74, 6) is -0.602. The zero-order valence-corrected chi connectivity index (χ0v) is 11.7. The summed E-state index contributed by atoms with van der Waals surface area (Å²) in [7, 11) is 0. The highest BCUT2D eigenvalue weighted by Crippen LogP contribution is 2.53. The van der Waals surface area contributed by atoms with Gasteiger partial charge in [0.2, 0.25) is 11.8 Å². The van der Waals surface area contributed by atoms with Crippen molar-refractivity contribution >= 4 is 29.1 Å². The third-order valence-corrected chi connectivity index (χ3v) is 5.03. The molecule has 3 aliphatic rings. The molecule has 2 fully saturated rings. The van der Waals surface area contributed by atoms with Gasteiger partial charge in [0.1, 0.15) is 6.07 Å². The summed E-state index contributed by atoms with van der Waals surface area (Å²) in [4.78, 5) is 26.5. The van der Waals surface area contributed by atoms with Gasteiger partial charge in [-0.3, -0.25) is 9.59 Å². The lowest BCUT2D eigenvalue weighted by atomic mass is 9.85. The van der Waals surface area contributed by atoms with E-state index in [-0.39, 0.29) is 35.5 Å². The van der Waals surface area contributed by atoms with Gasteiger partial charge >= 0.3 is 0 Å². The topological polar surface area (TPSA) is 61.2 Å². The molecule has 104 valence electrons. The fourth-order valence-corrected chi connectivity index (χ4v) is 4.09. The standard InChI is InChI=1S/C16H11ClN2O2/c17-11-4-3-10(7-18)12(6-11)19-15(20)13-8-1-2-9(5-8)14(13)16(19)21/h1-4,6,8-9,13-14H,5H2. The van der Waals surface area contributed by atoms with E-state index in [1.54, 1.807) is 12.1 Å². The van der Waals surface area contributed by atoms with Crippen molar-refractivity contribution < 1.29 is 9.59 Å².